The number of methoxy groups -OCH3 is 1. The highest BCUT2D eigenvalue weighted by atomic mass is 16.5. The third-order valence-corrected chi connectivity index (χ3v) is 1.11. The van der Waals surface area contributed by atoms with Crippen LogP contribution in [0.5, 0.6) is 0 Å². The first-order valence-electron chi connectivity index (χ1n) is 3.59. The fourth-order valence-corrected chi connectivity index (χ4v) is 0.545. The number of nitrogens with one attached hydrogen (secondary N) is 1. The van der Waals surface area contributed by atoms with Crippen molar-refractivity contribution in [3.05, 3.63) is 24.1 Å². The van der Waals surface area contributed by atoms with Gasteiger partial charge in [-0.25, -0.2) is 0 Å². The van der Waals surface area contributed by atoms with Gasteiger partial charge in [0, 0.05) is 0 Å². The Bertz CT molecular complexity index is 150. The lowest BCUT2D eigenvalue weighted by Gasteiger charge is -2.00. The van der Waals surface area contributed by atoms with Gasteiger partial charge in [0.2, 0.25) is 0 Å². The van der Waals surface area contributed by atoms with Gasteiger partial charge in [0.05, 0.1) is 13.3 Å². The molecule has 0 unspecified atom stereocenters. The van der Waals surface area contributed by atoms with Gasteiger partial charge in [0.25, 0.3) is 0 Å². The Morgan fingerprint density at radius 3 is 2.55 bits per heavy atom. The minimum atomic E-state index is 0.520. The molecule has 3 N–H and O–H groups in total. The van der Waals surface area contributed by atoms with Crippen LogP contribution < -0.4 is 11.3 Å². The average molecular weight is 156 g/mol. The summed E-state index contributed by atoms with van der Waals surface area (Å²) in [5.74, 6) is 6.31. The lowest BCUT2D eigenvalue weighted by atomic mass is 10.2. The molecule has 0 aliphatic rings. The fraction of sp³-hybridized carbons (Fsp3) is 0.500. The molecule has 11 heavy (non-hydrogen) atoms. The molecule has 0 rings (SSSR count). The minimum Gasteiger partial charge on any atom is -0.495 e. The molecule has 0 aliphatic carbocycles. The second-order valence-electron chi connectivity index (χ2n) is 2.52. The Balaban J connectivity index is 3.97. The number of allylic oxidation sites excluding steroid dienone is 2. The molecule has 0 radical (unpaired) electrons. The van der Waals surface area contributed by atoms with Crippen LogP contribution in [0.1, 0.15) is 13.8 Å². The smallest absolute Gasteiger partial charge is 0.135 e. The van der Waals surface area contributed by atoms with Gasteiger partial charge >= 0.3 is 0 Å². The Morgan fingerprint density at radius 2 is 2.18 bits per heavy atom. The summed E-state index contributed by atoms with van der Waals surface area (Å²) >= 11 is 0. The number of ether oxygens (including phenoxy) is 1. The highest BCUT2D eigenvalue weighted by Crippen LogP contribution is 2.00. The Morgan fingerprint density at radius 1 is 1.55 bits per heavy atom. The summed E-state index contributed by atoms with van der Waals surface area (Å²) in [5.41, 5.74) is 2.40. The molecule has 64 valence electrons. The van der Waals surface area contributed by atoms with E-state index in [9.17, 15) is 0 Å². The zero-order valence-electron chi connectivity index (χ0n) is 7.29. The van der Waals surface area contributed by atoms with Crippen LogP contribution in [0.25, 0.3) is 0 Å². The zero-order valence-corrected chi connectivity index (χ0v) is 7.29. The van der Waals surface area contributed by atoms with Gasteiger partial charge in [0.1, 0.15) is 5.76 Å². The zero-order chi connectivity index (χ0) is 8.69. The van der Waals surface area contributed by atoms with Gasteiger partial charge in [-0.15, -0.1) is 0 Å². The first-order valence-corrected chi connectivity index (χ1v) is 3.59. The summed E-state index contributed by atoms with van der Waals surface area (Å²) in [5, 5.41) is 0. The van der Waals surface area contributed by atoms with Crippen molar-refractivity contribution in [1.29, 1.82) is 0 Å². The van der Waals surface area contributed by atoms with Crippen LogP contribution in [-0.4, -0.2) is 7.11 Å². The van der Waals surface area contributed by atoms with E-state index < -0.39 is 0 Å². The van der Waals surface area contributed by atoms with Crippen LogP contribution in [0.3, 0.4) is 0 Å². The van der Waals surface area contributed by atoms with Crippen molar-refractivity contribution >= 4 is 0 Å². The molecule has 0 heterocycles. The molecule has 0 amide bonds. The molecular formula is C8H16N2O. The van der Waals surface area contributed by atoms with E-state index in [2.05, 4.69) is 19.3 Å². The lowest BCUT2D eigenvalue weighted by Crippen LogP contribution is -2.14. The molecule has 0 atom stereocenters. The molecule has 0 spiro atoms. The van der Waals surface area contributed by atoms with Crippen LogP contribution in [0.4, 0.5) is 0 Å². The number of hydrogen-bond acceptors (Lipinski definition) is 3. The molecule has 0 aromatic carbocycles. The number of hydrogen-bond donors (Lipinski definition) is 2. The van der Waals surface area contributed by atoms with Crippen LogP contribution in [0, 0.1) is 5.92 Å². The van der Waals surface area contributed by atoms with Gasteiger partial charge < -0.3 is 10.2 Å². The Labute approximate surface area is 67.9 Å². The predicted molar refractivity (Wildman–Crippen MR) is 46.4 cm³/mol. The van der Waals surface area contributed by atoms with Crippen molar-refractivity contribution in [2.24, 2.45) is 11.8 Å². The SMILES string of the molecule is COC(/C=C/C(C)C)=C/NN. The highest BCUT2D eigenvalue weighted by Gasteiger charge is 1.88. The highest BCUT2D eigenvalue weighted by molar-refractivity contribution is 5.11. The van der Waals surface area contributed by atoms with Crippen molar-refractivity contribution in [3.8, 4) is 0 Å². The summed E-state index contributed by atoms with van der Waals surface area (Å²) in [4.78, 5) is 0. The second kappa shape index (κ2) is 5.80. The average Bonchev–Trinajstić information content (AvgIpc) is 1.97. The maximum atomic E-state index is 5.07. The summed E-state index contributed by atoms with van der Waals surface area (Å²) in [6, 6.07) is 0. The first kappa shape index (κ1) is 10.0. The van der Waals surface area contributed by atoms with Crippen LogP contribution in [-0.2, 0) is 4.74 Å². The largest absolute Gasteiger partial charge is 0.495 e. The van der Waals surface area contributed by atoms with Crippen molar-refractivity contribution < 1.29 is 4.74 Å². The van der Waals surface area contributed by atoms with E-state index in [4.69, 9.17) is 10.6 Å². The third kappa shape index (κ3) is 5.48. The molecular weight excluding hydrogens is 140 g/mol. The minimum absolute atomic E-state index is 0.520. The van der Waals surface area contributed by atoms with Crippen LogP contribution >= 0.6 is 0 Å². The molecule has 0 fully saturated rings. The van der Waals surface area contributed by atoms with E-state index in [1.165, 1.54) is 0 Å². The number of nitrogens with two attached hydrogens (primary N) is 1. The quantitative estimate of drug-likeness (QED) is 0.278. The van der Waals surface area contributed by atoms with E-state index in [1.807, 2.05) is 12.2 Å². The monoisotopic (exact) mass is 156 g/mol. The van der Waals surface area contributed by atoms with Gasteiger partial charge in [-0.3, -0.25) is 5.84 Å². The van der Waals surface area contributed by atoms with Crippen molar-refractivity contribution in [3.63, 3.8) is 0 Å². The second-order valence-corrected chi connectivity index (χ2v) is 2.52. The molecule has 3 heteroatoms. The van der Waals surface area contributed by atoms with E-state index in [0.29, 0.717) is 5.92 Å². The van der Waals surface area contributed by atoms with E-state index in [-0.39, 0.29) is 0 Å². The van der Waals surface area contributed by atoms with Gasteiger partial charge in [-0.05, 0) is 12.0 Å². The molecule has 0 aliphatic heterocycles. The van der Waals surface area contributed by atoms with E-state index >= 15 is 0 Å². The van der Waals surface area contributed by atoms with Crippen molar-refractivity contribution in [2.45, 2.75) is 13.8 Å². The summed E-state index contributed by atoms with van der Waals surface area (Å²) < 4.78 is 4.97. The van der Waals surface area contributed by atoms with Crippen LogP contribution in [0.15, 0.2) is 24.1 Å². The topological polar surface area (TPSA) is 47.3 Å². The van der Waals surface area contributed by atoms with Gasteiger partial charge in [0.15, 0.2) is 0 Å². The molecule has 0 saturated carbocycles. The molecule has 0 bridgehead atoms. The third-order valence-electron chi connectivity index (χ3n) is 1.11. The van der Waals surface area contributed by atoms with Crippen molar-refractivity contribution in [2.75, 3.05) is 7.11 Å². The first-order chi connectivity index (χ1) is 5.20. The van der Waals surface area contributed by atoms with Gasteiger partial charge in [-0.1, -0.05) is 19.9 Å². The summed E-state index contributed by atoms with van der Waals surface area (Å²) in [6.07, 6.45) is 5.51. The predicted octanol–water partition coefficient (Wildman–Crippen LogP) is 1.15. The summed E-state index contributed by atoms with van der Waals surface area (Å²) in [7, 11) is 1.60. The lowest BCUT2D eigenvalue weighted by molar-refractivity contribution is 0.303. The number of hydrazine groups is 1. The van der Waals surface area contributed by atoms with E-state index in [1.54, 1.807) is 13.3 Å². The van der Waals surface area contributed by atoms with E-state index in [0.717, 1.165) is 5.76 Å². The van der Waals surface area contributed by atoms with Gasteiger partial charge in [-0.2, -0.15) is 0 Å². The molecule has 0 saturated heterocycles. The van der Waals surface area contributed by atoms with Crippen molar-refractivity contribution in [1.82, 2.24) is 5.43 Å². The summed E-state index contributed by atoms with van der Waals surface area (Å²) in [6.45, 7) is 4.19. The van der Waals surface area contributed by atoms with Crippen LogP contribution in [0.2, 0.25) is 0 Å². The maximum absolute atomic E-state index is 5.07. The fourth-order valence-electron chi connectivity index (χ4n) is 0.545. The molecule has 0 aromatic rings. The standard InChI is InChI=1S/C8H16N2O/c1-7(2)4-5-8(11-3)6-10-9/h4-7,10H,9H2,1-3H3/b5-4+,8-6+. The molecule has 0 aromatic heterocycles. The normalized spacial score (nSPS) is 12.6. The Kier molecular flexibility index (Phi) is 5.29. The maximum Gasteiger partial charge on any atom is 0.135 e. The number of rotatable bonds is 4. The Hall–Kier alpha value is -0.960. The molecule has 3 nitrogen and oxygen atoms in total.